The Bertz CT molecular complexity index is 1090. The Labute approximate surface area is 183 Å². The second-order valence-corrected chi connectivity index (χ2v) is 9.44. The molecule has 2 N–H and O–H groups in total. The van der Waals surface area contributed by atoms with E-state index in [0.717, 1.165) is 23.0 Å². The van der Waals surface area contributed by atoms with Gasteiger partial charge in [0.1, 0.15) is 0 Å². The third-order valence-electron chi connectivity index (χ3n) is 7.80. The molecule has 3 nitrogen and oxygen atoms in total. The molecule has 156 valence electrons. The lowest BCUT2D eigenvalue weighted by molar-refractivity contribution is 0.0950. The van der Waals surface area contributed by atoms with E-state index in [9.17, 15) is 4.79 Å². The van der Waals surface area contributed by atoms with Gasteiger partial charge >= 0.3 is 0 Å². The minimum atomic E-state index is 0.0107. The first kappa shape index (κ1) is 18.7. The maximum atomic E-state index is 12.9. The summed E-state index contributed by atoms with van der Waals surface area (Å²) in [5.74, 6) is 2.73. The number of rotatable bonds is 4. The largest absolute Gasteiger partial charge is 0.378 e. The van der Waals surface area contributed by atoms with Gasteiger partial charge in [-0.3, -0.25) is 4.79 Å². The van der Waals surface area contributed by atoms with Crippen LogP contribution < -0.4 is 10.6 Å². The third-order valence-corrected chi connectivity index (χ3v) is 7.80. The fourth-order valence-electron chi connectivity index (χ4n) is 6.50. The quantitative estimate of drug-likeness (QED) is 0.563. The summed E-state index contributed by atoms with van der Waals surface area (Å²) in [5, 5.41) is 6.95. The first-order valence-corrected chi connectivity index (χ1v) is 11.6. The highest BCUT2D eigenvalue weighted by Gasteiger charge is 2.53. The predicted octanol–water partition coefficient (Wildman–Crippen LogP) is 5.91. The van der Waals surface area contributed by atoms with Crippen LogP contribution in [0.5, 0.6) is 0 Å². The van der Waals surface area contributed by atoms with Crippen molar-refractivity contribution < 1.29 is 4.79 Å². The second-order valence-electron chi connectivity index (χ2n) is 9.44. The van der Waals surface area contributed by atoms with Crippen molar-refractivity contribution in [2.75, 3.05) is 5.32 Å². The average molecular weight is 409 g/mol. The molecule has 2 aliphatic carbocycles. The van der Waals surface area contributed by atoms with Gasteiger partial charge in [0.2, 0.25) is 0 Å². The molecule has 3 heteroatoms. The van der Waals surface area contributed by atoms with E-state index in [2.05, 4.69) is 53.1 Å². The average Bonchev–Trinajstić information content (AvgIpc) is 3.46. The van der Waals surface area contributed by atoms with Crippen LogP contribution in [0, 0.1) is 17.8 Å². The van der Waals surface area contributed by atoms with Crippen LogP contribution in [0.1, 0.15) is 58.3 Å². The van der Waals surface area contributed by atoms with Gasteiger partial charge in [0, 0.05) is 17.8 Å². The Kier molecular flexibility index (Phi) is 4.56. The van der Waals surface area contributed by atoms with Crippen molar-refractivity contribution in [3.8, 4) is 0 Å². The summed E-state index contributed by atoms with van der Waals surface area (Å²) in [7, 11) is 0. The summed E-state index contributed by atoms with van der Waals surface area (Å²) in [4.78, 5) is 12.9. The Hall–Kier alpha value is -3.07. The van der Waals surface area contributed by atoms with E-state index in [1.807, 2.05) is 36.4 Å². The highest BCUT2D eigenvalue weighted by atomic mass is 16.1. The molecule has 0 saturated heterocycles. The van der Waals surface area contributed by atoms with Gasteiger partial charge in [0.25, 0.3) is 5.91 Å². The predicted molar refractivity (Wildman–Crippen MR) is 124 cm³/mol. The molecule has 0 spiro atoms. The Morgan fingerprint density at radius 3 is 2.45 bits per heavy atom. The Morgan fingerprint density at radius 1 is 0.903 bits per heavy atom. The molecule has 3 aromatic carbocycles. The third kappa shape index (κ3) is 3.23. The molecule has 6 rings (SSSR count). The zero-order valence-electron chi connectivity index (χ0n) is 17.6. The summed E-state index contributed by atoms with van der Waals surface area (Å²) >= 11 is 0. The molecular formula is C28H28N2O. The number of anilines is 1. The smallest absolute Gasteiger partial charge is 0.251 e. The summed E-state index contributed by atoms with van der Waals surface area (Å²) in [5.41, 5.74) is 5.85. The summed E-state index contributed by atoms with van der Waals surface area (Å²) < 4.78 is 0. The van der Waals surface area contributed by atoms with Crippen LogP contribution in [0.3, 0.4) is 0 Å². The van der Waals surface area contributed by atoms with Crippen molar-refractivity contribution >= 4 is 11.6 Å². The normalized spacial score (nSPS) is 27.8. The number of carbonyl (C=O) groups is 1. The molecule has 5 atom stereocenters. The Balaban J connectivity index is 1.30. The van der Waals surface area contributed by atoms with Crippen LogP contribution in [0.15, 0.2) is 78.9 Å². The van der Waals surface area contributed by atoms with Crippen molar-refractivity contribution in [3.63, 3.8) is 0 Å². The zero-order chi connectivity index (χ0) is 20.8. The number of carbonyl (C=O) groups excluding carboxylic acids is 1. The SMILES string of the molecule is O=C(NCc1ccccc1)c1ccc2c(c1)[C@@H]1[C@H]3CC[C@@H](C3)[C@H]1[C@@H](c1ccccc1)N2. The number of amides is 1. The maximum absolute atomic E-state index is 12.9. The number of hydrogen-bond acceptors (Lipinski definition) is 2. The standard InChI is InChI=1S/C28H28N2O/c31-28(29-17-18-7-3-1-4-8-18)22-13-14-24-23(16-22)25-20-11-12-21(15-20)26(25)27(30-24)19-9-5-2-6-10-19/h1-10,13-14,16,20-21,25-27,30H,11-12,15,17H2,(H,29,31)/t20-,21-,25-,26+,27+/m0/s1. The molecule has 0 aromatic heterocycles. The van der Waals surface area contributed by atoms with Crippen molar-refractivity contribution in [3.05, 3.63) is 101 Å². The molecule has 3 aliphatic rings. The van der Waals surface area contributed by atoms with Crippen molar-refractivity contribution in [1.82, 2.24) is 5.32 Å². The molecule has 0 radical (unpaired) electrons. The fourth-order valence-corrected chi connectivity index (χ4v) is 6.50. The highest BCUT2D eigenvalue weighted by molar-refractivity contribution is 5.95. The van der Waals surface area contributed by atoms with Gasteiger partial charge < -0.3 is 10.6 Å². The van der Waals surface area contributed by atoms with E-state index < -0.39 is 0 Å². The van der Waals surface area contributed by atoms with Crippen molar-refractivity contribution in [1.29, 1.82) is 0 Å². The monoisotopic (exact) mass is 408 g/mol. The van der Waals surface area contributed by atoms with Crippen LogP contribution >= 0.6 is 0 Å². The number of nitrogens with one attached hydrogen (secondary N) is 2. The molecule has 0 unspecified atom stereocenters. The van der Waals surface area contributed by atoms with E-state index >= 15 is 0 Å². The van der Waals surface area contributed by atoms with Gasteiger partial charge in [-0.2, -0.15) is 0 Å². The summed E-state index contributed by atoms with van der Waals surface area (Å²) in [6, 6.07) is 27.6. The molecule has 3 aromatic rings. The maximum Gasteiger partial charge on any atom is 0.251 e. The lowest BCUT2D eigenvalue weighted by atomic mass is 9.68. The first-order chi connectivity index (χ1) is 15.3. The van der Waals surface area contributed by atoms with Crippen LogP contribution in [0.2, 0.25) is 0 Å². The second kappa shape index (κ2) is 7.56. The molecule has 1 heterocycles. The highest BCUT2D eigenvalue weighted by Crippen LogP contribution is 2.63. The first-order valence-electron chi connectivity index (χ1n) is 11.6. The molecule has 2 saturated carbocycles. The van der Waals surface area contributed by atoms with Gasteiger partial charge in [0.15, 0.2) is 0 Å². The van der Waals surface area contributed by atoms with E-state index in [0.29, 0.717) is 24.4 Å². The van der Waals surface area contributed by atoms with Gasteiger partial charge in [-0.1, -0.05) is 60.7 Å². The van der Waals surface area contributed by atoms with E-state index in [1.54, 1.807) is 0 Å². The lowest BCUT2D eigenvalue weighted by Gasteiger charge is -2.43. The van der Waals surface area contributed by atoms with Crippen LogP contribution in [0.25, 0.3) is 0 Å². The fraction of sp³-hybridized carbons (Fsp3) is 0.321. The van der Waals surface area contributed by atoms with E-state index in [-0.39, 0.29) is 5.91 Å². The molecule has 31 heavy (non-hydrogen) atoms. The topological polar surface area (TPSA) is 41.1 Å². The zero-order valence-corrected chi connectivity index (χ0v) is 17.6. The molecule has 2 fully saturated rings. The van der Waals surface area contributed by atoms with E-state index in [1.165, 1.54) is 36.1 Å². The Morgan fingerprint density at radius 2 is 1.65 bits per heavy atom. The molecular weight excluding hydrogens is 380 g/mol. The molecule has 1 amide bonds. The summed E-state index contributed by atoms with van der Waals surface area (Å²) in [6.45, 7) is 0.557. The van der Waals surface area contributed by atoms with Gasteiger partial charge in [0.05, 0.1) is 6.04 Å². The van der Waals surface area contributed by atoms with Crippen LogP contribution in [-0.2, 0) is 6.54 Å². The minimum Gasteiger partial charge on any atom is -0.378 e. The van der Waals surface area contributed by atoms with Crippen molar-refractivity contribution in [2.24, 2.45) is 17.8 Å². The van der Waals surface area contributed by atoms with Crippen LogP contribution in [-0.4, -0.2) is 5.91 Å². The van der Waals surface area contributed by atoms with Crippen LogP contribution in [0.4, 0.5) is 5.69 Å². The van der Waals surface area contributed by atoms with Gasteiger partial charge in [-0.15, -0.1) is 0 Å². The summed E-state index contributed by atoms with van der Waals surface area (Å²) in [6.07, 6.45) is 4.02. The minimum absolute atomic E-state index is 0.0107. The van der Waals surface area contributed by atoms with Crippen molar-refractivity contribution in [2.45, 2.75) is 37.8 Å². The number of hydrogen-bond donors (Lipinski definition) is 2. The lowest BCUT2D eigenvalue weighted by Crippen LogP contribution is -2.35. The van der Waals surface area contributed by atoms with E-state index in [4.69, 9.17) is 0 Å². The number of benzene rings is 3. The molecule has 2 bridgehead atoms. The molecule has 1 aliphatic heterocycles. The van der Waals surface area contributed by atoms with Gasteiger partial charge in [-0.25, -0.2) is 0 Å². The van der Waals surface area contributed by atoms with Gasteiger partial charge in [-0.05, 0) is 77.8 Å². The number of fused-ring (bicyclic) bond motifs is 7.